The van der Waals surface area contributed by atoms with Gasteiger partial charge in [0.05, 0.1) is 11.4 Å². The van der Waals surface area contributed by atoms with Crippen LogP contribution in [0.1, 0.15) is 211 Å². The zero-order chi connectivity index (χ0) is 48.3. The first-order chi connectivity index (χ1) is 27.5. The van der Waals surface area contributed by atoms with E-state index in [0.717, 1.165) is 44.5 Å². The summed E-state index contributed by atoms with van der Waals surface area (Å²) in [6.45, 7) is 50.8. The summed E-state index contributed by atoms with van der Waals surface area (Å²) >= 11 is 0. The fourth-order valence-corrected chi connectivity index (χ4v) is 7.18. The average Bonchev–Trinajstić information content (AvgIpc) is 3.04. The van der Waals surface area contributed by atoms with E-state index in [9.17, 15) is 20.4 Å². The average molecular weight is 919 g/mol. The van der Waals surface area contributed by atoms with Gasteiger partial charge < -0.3 is 31.1 Å². The third kappa shape index (κ3) is 13.7. The molecule has 0 atom stereocenters. The SMILES string of the molecule is CC(C)(C)c1cc(Nc2cc(C(C)(C)C)cc(C(C)(C)C)c2O)c([O-])c(C(C)(C)C)c1.CC(C)(C)c1cc(Nc2cc(C(C)(C)C)cc(C(C)(C)C)c2O)c([O-])c(C(C)(C)C)c1.[Ga]. The van der Waals surface area contributed by atoms with Crippen molar-refractivity contribution in [1.82, 2.24) is 0 Å². The Kier molecular flexibility index (Phi) is 16.1. The fourth-order valence-electron chi connectivity index (χ4n) is 7.18. The second-order valence-electron chi connectivity index (χ2n) is 25.9. The number of aromatic hydroxyl groups is 2. The number of phenolic OH excluding ortho intramolecular Hbond substituents is 2. The van der Waals surface area contributed by atoms with Gasteiger partial charge in [0, 0.05) is 42.3 Å². The Hall–Kier alpha value is -3.68. The maximum Gasteiger partial charge on any atom is 0.142 e. The summed E-state index contributed by atoms with van der Waals surface area (Å²) in [5.41, 5.74) is 8.54. The molecule has 0 heterocycles. The first-order valence-electron chi connectivity index (χ1n) is 22.5. The molecule has 4 aromatic carbocycles. The molecule has 6 nitrogen and oxygen atoms in total. The molecular weight excluding hydrogens is 834 g/mol. The normalized spacial score (nSPS) is 13.2. The van der Waals surface area contributed by atoms with Crippen molar-refractivity contribution >= 4 is 42.5 Å². The van der Waals surface area contributed by atoms with E-state index in [1.165, 1.54) is 0 Å². The van der Waals surface area contributed by atoms with Crippen LogP contribution in [0.3, 0.4) is 0 Å². The zero-order valence-electron chi connectivity index (χ0n) is 43.9. The van der Waals surface area contributed by atoms with Crippen LogP contribution in [0.25, 0.3) is 0 Å². The van der Waals surface area contributed by atoms with Gasteiger partial charge in [0.25, 0.3) is 0 Å². The van der Waals surface area contributed by atoms with E-state index < -0.39 is 0 Å². The number of benzene rings is 4. The largest absolute Gasteiger partial charge is 0.871 e. The number of hydrogen-bond donors (Lipinski definition) is 4. The van der Waals surface area contributed by atoms with Crippen LogP contribution in [0, 0.1) is 0 Å². The van der Waals surface area contributed by atoms with Gasteiger partial charge in [0.1, 0.15) is 11.5 Å². The van der Waals surface area contributed by atoms with Gasteiger partial charge in [0.15, 0.2) is 0 Å². The molecule has 4 aromatic rings. The number of phenols is 2. The molecule has 0 aromatic heterocycles. The maximum atomic E-state index is 13.4. The molecule has 0 aliphatic rings. The van der Waals surface area contributed by atoms with Crippen molar-refractivity contribution in [3.63, 3.8) is 0 Å². The van der Waals surface area contributed by atoms with Crippen molar-refractivity contribution in [3.8, 4) is 23.0 Å². The van der Waals surface area contributed by atoms with E-state index in [2.05, 4.69) is 189 Å². The Morgan fingerprint density at radius 1 is 0.302 bits per heavy atom. The van der Waals surface area contributed by atoms with Crippen LogP contribution < -0.4 is 20.8 Å². The van der Waals surface area contributed by atoms with Crippen LogP contribution in [0.15, 0.2) is 48.5 Å². The standard InChI is InChI=1S/2C28H43NO2.Ga/c2*1-25(2,3)17-13-19(27(7,8)9)23(30)21(15-17)29-22-16-18(26(4,5)6)14-20(24(22)31)28(10,11)12;/h2*13-16,29-31H,1-12H3;/p-2. The van der Waals surface area contributed by atoms with Gasteiger partial charge in [-0.1, -0.05) is 202 Å². The molecule has 4 N–H and O–H groups in total. The molecule has 3 radical (unpaired) electrons. The van der Waals surface area contributed by atoms with E-state index in [1.807, 2.05) is 36.4 Å². The quantitative estimate of drug-likeness (QED) is 0.120. The summed E-state index contributed by atoms with van der Waals surface area (Å²) < 4.78 is 0. The molecule has 0 spiro atoms. The molecule has 0 fully saturated rings. The molecule has 7 heteroatoms. The first-order valence-corrected chi connectivity index (χ1v) is 22.5. The summed E-state index contributed by atoms with van der Waals surface area (Å²) in [5, 5.41) is 55.8. The van der Waals surface area contributed by atoms with E-state index >= 15 is 0 Å². The monoisotopic (exact) mass is 918 g/mol. The van der Waals surface area contributed by atoms with E-state index in [1.54, 1.807) is 0 Å². The number of hydrogen-bond acceptors (Lipinski definition) is 6. The fraction of sp³-hybridized carbons (Fsp3) is 0.571. The van der Waals surface area contributed by atoms with Gasteiger partial charge in [0.2, 0.25) is 0 Å². The Balaban J connectivity index is 0.000000427. The van der Waals surface area contributed by atoms with E-state index in [0.29, 0.717) is 22.7 Å². The van der Waals surface area contributed by atoms with Gasteiger partial charge in [-0.05, 0) is 101 Å². The predicted molar refractivity (Wildman–Crippen MR) is 270 cm³/mol. The van der Waals surface area contributed by atoms with Crippen LogP contribution in [0.2, 0.25) is 0 Å². The molecule has 347 valence electrons. The molecule has 0 bridgehead atoms. The van der Waals surface area contributed by atoms with Crippen molar-refractivity contribution < 1.29 is 20.4 Å². The molecule has 0 saturated carbocycles. The van der Waals surface area contributed by atoms with Gasteiger partial charge in [-0.15, -0.1) is 0 Å². The molecule has 4 rings (SSSR count). The van der Waals surface area contributed by atoms with Crippen molar-refractivity contribution in [3.05, 3.63) is 93.0 Å². The van der Waals surface area contributed by atoms with E-state index in [-0.39, 0.29) is 86.1 Å². The van der Waals surface area contributed by atoms with Crippen LogP contribution >= 0.6 is 0 Å². The second kappa shape index (κ2) is 18.3. The third-order valence-corrected chi connectivity index (χ3v) is 11.6. The predicted octanol–water partition coefficient (Wildman–Crippen LogP) is 14.4. The van der Waals surface area contributed by atoms with Crippen molar-refractivity contribution in [2.45, 2.75) is 209 Å². The Morgan fingerprint density at radius 3 is 0.683 bits per heavy atom. The molecule has 63 heavy (non-hydrogen) atoms. The summed E-state index contributed by atoms with van der Waals surface area (Å²) in [6, 6.07) is 16.1. The summed E-state index contributed by atoms with van der Waals surface area (Å²) in [6.07, 6.45) is 0. The van der Waals surface area contributed by atoms with Crippen molar-refractivity contribution in [2.24, 2.45) is 0 Å². The van der Waals surface area contributed by atoms with Gasteiger partial charge in [-0.3, -0.25) is 0 Å². The Morgan fingerprint density at radius 2 is 0.492 bits per heavy atom. The second-order valence-corrected chi connectivity index (χ2v) is 25.9. The van der Waals surface area contributed by atoms with Gasteiger partial charge in [-0.25, -0.2) is 0 Å². The van der Waals surface area contributed by atoms with Crippen molar-refractivity contribution in [1.29, 1.82) is 0 Å². The molecule has 0 saturated heterocycles. The minimum atomic E-state index is -0.277. The summed E-state index contributed by atoms with van der Waals surface area (Å²) in [7, 11) is 0. The number of nitrogens with one attached hydrogen (secondary N) is 2. The minimum absolute atomic E-state index is 0. The first kappa shape index (κ1) is 55.4. The Labute approximate surface area is 397 Å². The molecule has 0 aliphatic carbocycles. The topological polar surface area (TPSA) is 111 Å². The Bertz CT molecular complexity index is 1930. The van der Waals surface area contributed by atoms with Gasteiger partial charge >= 0.3 is 0 Å². The molecular formula is C56H84GaN2O4-2. The smallest absolute Gasteiger partial charge is 0.142 e. The number of anilines is 4. The summed E-state index contributed by atoms with van der Waals surface area (Å²) in [4.78, 5) is 0. The van der Waals surface area contributed by atoms with Crippen LogP contribution in [-0.4, -0.2) is 30.0 Å². The van der Waals surface area contributed by atoms with Crippen molar-refractivity contribution in [2.75, 3.05) is 10.6 Å². The molecule has 0 aliphatic heterocycles. The van der Waals surface area contributed by atoms with E-state index in [4.69, 9.17) is 0 Å². The zero-order valence-corrected chi connectivity index (χ0v) is 46.3. The maximum absolute atomic E-state index is 13.4. The van der Waals surface area contributed by atoms with Crippen LogP contribution in [0.4, 0.5) is 22.7 Å². The van der Waals surface area contributed by atoms with Gasteiger partial charge in [-0.2, -0.15) is 0 Å². The van der Waals surface area contributed by atoms with Crippen LogP contribution in [0.5, 0.6) is 23.0 Å². The number of rotatable bonds is 4. The third-order valence-electron chi connectivity index (χ3n) is 11.6. The van der Waals surface area contributed by atoms with Crippen LogP contribution in [-0.2, 0) is 43.3 Å². The molecule has 0 amide bonds. The minimum Gasteiger partial charge on any atom is -0.871 e. The summed E-state index contributed by atoms with van der Waals surface area (Å²) in [5.74, 6) is 0.383. The molecule has 0 unspecified atom stereocenters.